The topological polar surface area (TPSA) is 92.8 Å². The number of fused-ring (bicyclic) bond motifs is 1. The number of carbonyl (C=O) groups excluding carboxylic acids is 2. The molecule has 1 heterocycles. The number of nitrogens with one attached hydrogen (secondary N) is 1. The van der Waals surface area contributed by atoms with Crippen LogP contribution in [0.2, 0.25) is 0 Å². The van der Waals surface area contributed by atoms with E-state index in [4.69, 9.17) is 0 Å². The molecule has 1 N–H and O–H groups in total. The van der Waals surface area contributed by atoms with Crippen LogP contribution < -0.4 is 9.62 Å². The number of hydrogen-bond acceptors (Lipinski definition) is 5. The lowest BCUT2D eigenvalue weighted by molar-refractivity contribution is -0.116. The summed E-state index contributed by atoms with van der Waals surface area (Å²) in [5, 5.41) is 0. The Balaban J connectivity index is 1.83. The van der Waals surface area contributed by atoms with Crippen molar-refractivity contribution < 1.29 is 22.7 Å². The Bertz CT molecular complexity index is 968. The van der Waals surface area contributed by atoms with Crippen molar-refractivity contribution in [3.05, 3.63) is 53.6 Å². The molecule has 3 rings (SSSR count). The molecule has 1 aliphatic rings. The van der Waals surface area contributed by atoms with Gasteiger partial charge in [0.15, 0.2) is 0 Å². The first-order valence-corrected chi connectivity index (χ1v) is 9.42. The number of nitrogens with zero attached hydrogens (tertiary/aromatic N) is 1. The maximum absolute atomic E-state index is 12.6. The van der Waals surface area contributed by atoms with E-state index in [1.807, 2.05) is 0 Å². The summed E-state index contributed by atoms with van der Waals surface area (Å²) in [7, 11) is -2.50. The third-order valence-corrected chi connectivity index (χ3v) is 5.57. The van der Waals surface area contributed by atoms with Crippen LogP contribution in [-0.4, -0.2) is 33.9 Å². The van der Waals surface area contributed by atoms with Crippen molar-refractivity contribution in [1.82, 2.24) is 0 Å². The van der Waals surface area contributed by atoms with Crippen LogP contribution in [0.5, 0.6) is 0 Å². The van der Waals surface area contributed by atoms with Crippen molar-refractivity contribution >= 4 is 33.3 Å². The zero-order chi connectivity index (χ0) is 18.9. The number of benzene rings is 2. The van der Waals surface area contributed by atoms with Crippen LogP contribution >= 0.6 is 0 Å². The minimum absolute atomic E-state index is 0.0665. The van der Waals surface area contributed by atoms with Crippen molar-refractivity contribution in [2.75, 3.05) is 23.3 Å². The molecule has 8 heteroatoms. The summed E-state index contributed by atoms with van der Waals surface area (Å²) in [5.74, 6) is -0.559. The fourth-order valence-electron chi connectivity index (χ4n) is 2.88. The molecule has 7 nitrogen and oxygen atoms in total. The molecule has 0 aliphatic carbocycles. The Labute approximate surface area is 151 Å². The summed E-state index contributed by atoms with van der Waals surface area (Å²) < 4.78 is 32.3. The van der Waals surface area contributed by atoms with Crippen molar-refractivity contribution in [2.45, 2.75) is 18.2 Å². The maximum Gasteiger partial charge on any atom is 0.337 e. The first-order valence-electron chi connectivity index (χ1n) is 7.94. The Morgan fingerprint density at radius 3 is 2.42 bits per heavy atom. The highest BCUT2D eigenvalue weighted by molar-refractivity contribution is 7.92. The van der Waals surface area contributed by atoms with Gasteiger partial charge in [-0.1, -0.05) is 0 Å². The largest absolute Gasteiger partial charge is 0.465 e. The molecule has 1 aliphatic heterocycles. The lowest BCUT2D eigenvalue weighted by Crippen LogP contribution is -2.25. The molecule has 0 saturated heterocycles. The number of anilines is 2. The molecule has 0 bridgehead atoms. The zero-order valence-corrected chi connectivity index (χ0v) is 15.2. The van der Waals surface area contributed by atoms with Gasteiger partial charge < -0.3 is 9.64 Å². The van der Waals surface area contributed by atoms with Crippen LogP contribution in [0.15, 0.2) is 47.4 Å². The molecule has 0 radical (unpaired) electrons. The van der Waals surface area contributed by atoms with Gasteiger partial charge in [0.25, 0.3) is 10.0 Å². The molecule has 0 fully saturated rings. The first-order chi connectivity index (χ1) is 12.3. The van der Waals surface area contributed by atoms with Gasteiger partial charge in [0, 0.05) is 24.8 Å². The molecular weight excluding hydrogens is 356 g/mol. The minimum atomic E-state index is -3.78. The number of methoxy groups -OCH3 is 1. The molecule has 0 spiro atoms. The molecular formula is C18H18N2O5S. The van der Waals surface area contributed by atoms with E-state index in [0.717, 1.165) is 11.3 Å². The number of rotatable bonds is 4. The highest BCUT2D eigenvalue weighted by atomic mass is 32.2. The Kier molecular flexibility index (Phi) is 4.69. The summed E-state index contributed by atoms with van der Waals surface area (Å²) in [4.78, 5) is 24.8. The number of esters is 1. The molecule has 0 atom stereocenters. The first kappa shape index (κ1) is 17.9. The minimum Gasteiger partial charge on any atom is -0.465 e. The van der Waals surface area contributed by atoms with Gasteiger partial charge in [-0.25, -0.2) is 13.2 Å². The lowest BCUT2D eigenvalue weighted by Gasteiger charge is -2.15. The van der Waals surface area contributed by atoms with E-state index in [9.17, 15) is 18.0 Å². The van der Waals surface area contributed by atoms with Crippen LogP contribution in [0.3, 0.4) is 0 Å². The molecule has 0 saturated carbocycles. The van der Waals surface area contributed by atoms with Gasteiger partial charge in [0.05, 0.1) is 17.6 Å². The van der Waals surface area contributed by atoms with Crippen molar-refractivity contribution in [3.8, 4) is 0 Å². The monoisotopic (exact) mass is 374 g/mol. The van der Waals surface area contributed by atoms with Gasteiger partial charge in [-0.15, -0.1) is 0 Å². The van der Waals surface area contributed by atoms with E-state index < -0.39 is 16.0 Å². The van der Waals surface area contributed by atoms with E-state index in [2.05, 4.69) is 9.46 Å². The van der Waals surface area contributed by atoms with E-state index >= 15 is 0 Å². The Hall–Kier alpha value is -2.87. The van der Waals surface area contributed by atoms with Crippen LogP contribution in [0.25, 0.3) is 0 Å². The average molecular weight is 374 g/mol. The molecule has 2 aromatic rings. The lowest BCUT2D eigenvalue weighted by atomic mass is 10.2. The van der Waals surface area contributed by atoms with Gasteiger partial charge in [-0.2, -0.15) is 0 Å². The third-order valence-electron chi connectivity index (χ3n) is 4.20. The van der Waals surface area contributed by atoms with Crippen molar-refractivity contribution in [1.29, 1.82) is 0 Å². The predicted octanol–water partition coefficient (Wildman–Crippen LogP) is 2.18. The highest BCUT2D eigenvalue weighted by Crippen LogP contribution is 2.30. The third kappa shape index (κ3) is 3.41. The fraction of sp³-hybridized carbons (Fsp3) is 0.222. The fourth-order valence-corrected chi connectivity index (χ4v) is 3.99. The Morgan fingerprint density at radius 2 is 1.81 bits per heavy atom. The van der Waals surface area contributed by atoms with Crippen molar-refractivity contribution in [2.24, 2.45) is 0 Å². The molecule has 136 valence electrons. The second kappa shape index (κ2) is 6.80. The summed E-state index contributed by atoms with van der Waals surface area (Å²) >= 11 is 0. The summed E-state index contributed by atoms with van der Waals surface area (Å²) in [6.07, 6.45) is 0.617. The second-order valence-corrected chi connectivity index (χ2v) is 7.57. The van der Waals surface area contributed by atoms with Crippen LogP contribution in [0.1, 0.15) is 22.8 Å². The SMILES string of the molecule is COC(=O)c1ccc(NS(=O)(=O)c2ccc3c(c2)CCN3C(C)=O)cc1. The average Bonchev–Trinajstić information content (AvgIpc) is 3.05. The zero-order valence-electron chi connectivity index (χ0n) is 14.4. The van der Waals surface area contributed by atoms with Crippen LogP contribution in [0.4, 0.5) is 11.4 Å². The van der Waals surface area contributed by atoms with Gasteiger partial charge >= 0.3 is 5.97 Å². The standard InChI is InChI=1S/C18H18N2O5S/c1-12(21)20-10-9-14-11-16(7-8-17(14)20)26(23,24)19-15-5-3-13(4-6-15)18(22)25-2/h3-8,11,19H,9-10H2,1-2H3. The molecule has 1 amide bonds. The molecule has 26 heavy (non-hydrogen) atoms. The number of carbonyl (C=O) groups is 2. The van der Waals surface area contributed by atoms with E-state index in [0.29, 0.717) is 24.2 Å². The smallest absolute Gasteiger partial charge is 0.337 e. The predicted molar refractivity (Wildman–Crippen MR) is 96.8 cm³/mol. The van der Waals surface area contributed by atoms with Gasteiger partial charge in [0.2, 0.25) is 5.91 Å². The van der Waals surface area contributed by atoms with Crippen molar-refractivity contribution in [3.63, 3.8) is 0 Å². The summed E-state index contributed by atoms with van der Waals surface area (Å²) in [5.41, 5.74) is 2.24. The maximum atomic E-state index is 12.6. The number of sulfonamides is 1. The highest BCUT2D eigenvalue weighted by Gasteiger charge is 2.24. The molecule has 0 unspecified atom stereocenters. The van der Waals surface area contributed by atoms with Gasteiger partial charge in [0.1, 0.15) is 0 Å². The quantitative estimate of drug-likeness (QED) is 0.828. The second-order valence-electron chi connectivity index (χ2n) is 5.89. The summed E-state index contributed by atoms with van der Waals surface area (Å²) in [6.45, 7) is 2.04. The number of ether oxygens (including phenoxy) is 1. The van der Waals surface area contributed by atoms with E-state index in [-0.39, 0.29) is 10.8 Å². The number of hydrogen-bond donors (Lipinski definition) is 1. The van der Waals surface area contributed by atoms with Crippen LogP contribution in [0, 0.1) is 0 Å². The summed E-state index contributed by atoms with van der Waals surface area (Å²) in [6, 6.07) is 10.7. The van der Waals surface area contributed by atoms with Gasteiger partial charge in [-0.05, 0) is 54.4 Å². The molecule has 0 aromatic heterocycles. The van der Waals surface area contributed by atoms with E-state index in [1.54, 1.807) is 17.0 Å². The normalized spacial score (nSPS) is 13.2. The molecule has 2 aromatic carbocycles. The van der Waals surface area contributed by atoms with Crippen LogP contribution in [-0.2, 0) is 26.0 Å². The number of amides is 1. The Morgan fingerprint density at radius 1 is 1.12 bits per heavy atom. The van der Waals surface area contributed by atoms with Gasteiger partial charge in [-0.3, -0.25) is 9.52 Å². The van der Waals surface area contributed by atoms with E-state index in [1.165, 1.54) is 44.4 Å².